The monoisotopic (exact) mass is 308 g/mol. The molecule has 0 bridgehead atoms. The Balaban J connectivity index is 2.75. The van der Waals surface area contributed by atoms with Gasteiger partial charge < -0.3 is 0 Å². The van der Waals surface area contributed by atoms with E-state index in [9.17, 15) is 0 Å². The summed E-state index contributed by atoms with van der Waals surface area (Å²) < 4.78 is 0. The fraction of sp³-hybridized carbons (Fsp3) is 0.500. The quantitative estimate of drug-likeness (QED) is 0.658. The number of hydrogen-bond acceptors (Lipinski definition) is 0. The van der Waals surface area contributed by atoms with Gasteiger partial charge >= 0.3 is 0 Å². The summed E-state index contributed by atoms with van der Waals surface area (Å²) in [6.07, 6.45) is 2.09. The summed E-state index contributed by atoms with van der Waals surface area (Å²) in [5.41, 5.74) is 1.13. The van der Waals surface area contributed by atoms with Gasteiger partial charge in [-0.1, -0.05) is 53.0 Å². The summed E-state index contributed by atoms with van der Waals surface area (Å²) >= 11 is 15.7. The molecule has 0 amide bonds. The summed E-state index contributed by atoms with van der Waals surface area (Å²) in [7, 11) is 0. The fourth-order valence-electron chi connectivity index (χ4n) is 1.58. The Bertz CT molecular complexity index is 325. The Morgan fingerprint density at radius 3 is 2.60 bits per heavy atom. The Hall–Kier alpha value is 0.280. The minimum atomic E-state index is 0.535. The van der Waals surface area contributed by atoms with Crippen LogP contribution in [0.25, 0.3) is 0 Å². The van der Waals surface area contributed by atoms with Crippen LogP contribution in [0.5, 0.6) is 0 Å². The largest absolute Gasteiger partial charge is 0.0888 e. The summed E-state index contributed by atoms with van der Waals surface area (Å²) in [5, 5.41) is 1.56. The van der Waals surface area contributed by atoms with Gasteiger partial charge in [-0.3, -0.25) is 0 Å². The number of alkyl halides is 1. The molecule has 0 saturated carbocycles. The van der Waals surface area contributed by atoms with Crippen molar-refractivity contribution in [1.82, 2.24) is 0 Å². The number of halogens is 3. The van der Waals surface area contributed by atoms with Gasteiger partial charge in [0.2, 0.25) is 0 Å². The van der Waals surface area contributed by atoms with Gasteiger partial charge in [-0.25, -0.2) is 0 Å². The normalized spacial score (nSPS) is 15.0. The van der Waals surface area contributed by atoms with Crippen molar-refractivity contribution in [3.05, 3.63) is 33.8 Å². The van der Waals surface area contributed by atoms with E-state index in [1.807, 2.05) is 18.2 Å². The molecule has 2 unspecified atom stereocenters. The van der Waals surface area contributed by atoms with Crippen molar-refractivity contribution in [2.75, 3.05) is 0 Å². The van der Waals surface area contributed by atoms with Crippen molar-refractivity contribution in [2.24, 2.45) is 5.92 Å². The van der Waals surface area contributed by atoms with Crippen LogP contribution < -0.4 is 0 Å². The number of rotatable bonds is 4. The molecular weight excluding hydrogens is 295 g/mol. The van der Waals surface area contributed by atoms with Gasteiger partial charge in [-0.05, 0) is 42.5 Å². The highest BCUT2D eigenvalue weighted by Crippen LogP contribution is 2.26. The van der Waals surface area contributed by atoms with Crippen LogP contribution in [0.3, 0.4) is 0 Å². The second kappa shape index (κ2) is 6.12. The predicted octanol–water partition coefficient (Wildman–Crippen LogP) is 5.35. The van der Waals surface area contributed by atoms with Crippen LogP contribution in [-0.2, 0) is 6.42 Å². The predicted molar refractivity (Wildman–Crippen MR) is 72.3 cm³/mol. The van der Waals surface area contributed by atoms with E-state index in [4.69, 9.17) is 23.2 Å². The standard InChI is InChI=1S/C12H15BrCl2/c1-3-11(13)8(2)6-9-7-10(14)4-5-12(9)15/h4-5,7-8,11H,3,6H2,1-2H3. The molecule has 0 nitrogen and oxygen atoms in total. The van der Waals surface area contributed by atoms with E-state index < -0.39 is 0 Å². The Labute approximate surface area is 110 Å². The van der Waals surface area contributed by atoms with Gasteiger partial charge in [0.1, 0.15) is 0 Å². The number of hydrogen-bond donors (Lipinski definition) is 0. The van der Waals surface area contributed by atoms with Gasteiger partial charge in [0.05, 0.1) is 0 Å². The maximum atomic E-state index is 6.11. The van der Waals surface area contributed by atoms with E-state index in [2.05, 4.69) is 29.8 Å². The average Bonchev–Trinajstić information content (AvgIpc) is 2.22. The van der Waals surface area contributed by atoms with Crippen LogP contribution >= 0.6 is 39.1 Å². The Morgan fingerprint density at radius 2 is 2.00 bits per heavy atom. The Morgan fingerprint density at radius 1 is 1.33 bits per heavy atom. The van der Waals surface area contributed by atoms with Crippen molar-refractivity contribution in [2.45, 2.75) is 31.5 Å². The molecule has 1 aromatic carbocycles. The maximum Gasteiger partial charge on any atom is 0.0439 e. The van der Waals surface area contributed by atoms with Gasteiger partial charge in [-0.15, -0.1) is 0 Å². The third-order valence-corrected chi connectivity index (χ3v) is 4.71. The van der Waals surface area contributed by atoms with E-state index >= 15 is 0 Å². The molecular formula is C12H15BrCl2. The van der Waals surface area contributed by atoms with Crippen LogP contribution in [0.1, 0.15) is 25.8 Å². The van der Waals surface area contributed by atoms with Crippen LogP contribution in [0, 0.1) is 5.92 Å². The molecule has 2 atom stereocenters. The zero-order valence-electron chi connectivity index (χ0n) is 8.93. The zero-order valence-corrected chi connectivity index (χ0v) is 12.0. The molecule has 1 rings (SSSR count). The molecule has 0 aliphatic heterocycles. The van der Waals surface area contributed by atoms with Crippen LogP contribution in [0.2, 0.25) is 10.0 Å². The average molecular weight is 310 g/mol. The topological polar surface area (TPSA) is 0 Å². The van der Waals surface area contributed by atoms with Gasteiger partial charge in [-0.2, -0.15) is 0 Å². The first-order valence-corrected chi connectivity index (χ1v) is 6.79. The lowest BCUT2D eigenvalue weighted by molar-refractivity contribution is 0.545. The van der Waals surface area contributed by atoms with Crippen molar-refractivity contribution in [3.63, 3.8) is 0 Å². The second-order valence-corrected chi connectivity index (χ2v) is 5.86. The smallest absolute Gasteiger partial charge is 0.0439 e. The lowest BCUT2D eigenvalue weighted by Gasteiger charge is -2.17. The third-order valence-electron chi connectivity index (χ3n) is 2.56. The molecule has 0 aliphatic carbocycles. The Kier molecular flexibility index (Phi) is 5.45. The zero-order chi connectivity index (χ0) is 11.4. The van der Waals surface area contributed by atoms with E-state index in [1.54, 1.807) is 0 Å². The van der Waals surface area contributed by atoms with E-state index in [1.165, 1.54) is 0 Å². The molecule has 0 fully saturated rings. The first-order chi connectivity index (χ1) is 7.04. The van der Waals surface area contributed by atoms with Crippen molar-refractivity contribution < 1.29 is 0 Å². The van der Waals surface area contributed by atoms with Gasteiger partial charge in [0, 0.05) is 14.9 Å². The lowest BCUT2D eigenvalue weighted by Crippen LogP contribution is -2.12. The molecule has 0 aliphatic rings. The molecule has 0 N–H and O–H groups in total. The SMILES string of the molecule is CCC(Br)C(C)Cc1cc(Cl)ccc1Cl. The molecule has 0 heterocycles. The third kappa shape index (κ3) is 3.97. The molecule has 84 valence electrons. The highest BCUT2D eigenvalue weighted by atomic mass is 79.9. The summed E-state index contributed by atoms with van der Waals surface area (Å²) in [5.74, 6) is 0.561. The van der Waals surface area contributed by atoms with Crippen molar-refractivity contribution in [1.29, 1.82) is 0 Å². The minimum Gasteiger partial charge on any atom is -0.0888 e. The lowest BCUT2D eigenvalue weighted by atomic mass is 9.97. The minimum absolute atomic E-state index is 0.535. The van der Waals surface area contributed by atoms with Crippen LogP contribution in [-0.4, -0.2) is 4.83 Å². The first-order valence-electron chi connectivity index (χ1n) is 5.12. The van der Waals surface area contributed by atoms with Crippen LogP contribution in [0.4, 0.5) is 0 Å². The molecule has 0 spiro atoms. The fourth-order valence-corrected chi connectivity index (χ4v) is 2.15. The van der Waals surface area contributed by atoms with E-state index in [0.717, 1.165) is 28.5 Å². The van der Waals surface area contributed by atoms with Gasteiger partial charge in [0.25, 0.3) is 0 Å². The number of benzene rings is 1. The van der Waals surface area contributed by atoms with Gasteiger partial charge in [0.15, 0.2) is 0 Å². The van der Waals surface area contributed by atoms with E-state index in [-0.39, 0.29) is 0 Å². The molecule has 1 aromatic rings. The van der Waals surface area contributed by atoms with E-state index in [0.29, 0.717) is 10.7 Å². The molecule has 0 saturated heterocycles. The van der Waals surface area contributed by atoms with Crippen molar-refractivity contribution in [3.8, 4) is 0 Å². The second-order valence-electron chi connectivity index (χ2n) is 3.84. The summed E-state index contributed by atoms with van der Waals surface area (Å²) in [6, 6.07) is 5.64. The molecule has 3 heteroatoms. The maximum absolute atomic E-state index is 6.11. The van der Waals surface area contributed by atoms with Crippen LogP contribution in [0.15, 0.2) is 18.2 Å². The molecule has 15 heavy (non-hydrogen) atoms. The molecule has 0 aromatic heterocycles. The summed E-state index contributed by atoms with van der Waals surface area (Å²) in [6.45, 7) is 4.40. The highest BCUT2D eigenvalue weighted by molar-refractivity contribution is 9.09. The highest BCUT2D eigenvalue weighted by Gasteiger charge is 2.14. The molecule has 0 radical (unpaired) electrons. The first kappa shape index (κ1) is 13.3. The van der Waals surface area contributed by atoms with Crippen molar-refractivity contribution >= 4 is 39.1 Å². The summed E-state index contributed by atoms with van der Waals surface area (Å²) in [4.78, 5) is 0.535.